The number of nitrogens with zero attached hydrogens (tertiary/aromatic N) is 1. The molecule has 29 heavy (non-hydrogen) atoms. The lowest BCUT2D eigenvalue weighted by molar-refractivity contribution is 0.138. The molecule has 0 saturated heterocycles. The van der Waals surface area contributed by atoms with Crippen LogP contribution in [-0.4, -0.2) is 47.4 Å². The third-order valence-corrected chi connectivity index (χ3v) is 6.30. The summed E-state index contributed by atoms with van der Waals surface area (Å²) >= 11 is 0. The van der Waals surface area contributed by atoms with Gasteiger partial charge < -0.3 is 15.4 Å². The smallest absolute Gasteiger partial charge is 0.191 e. The molecule has 6 nitrogen and oxygen atoms in total. The summed E-state index contributed by atoms with van der Waals surface area (Å²) in [6.45, 7) is 4.46. The van der Waals surface area contributed by atoms with Crippen molar-refractivity contribution in [2.24, 2.45) is 10.4 Å². The molecule has 8 heteroatoms. The van der Waals surface area contributed by atoms with E-state index in [-0.39, 0.29) is 17.7 Å². The van der Waals surface area contributed by atoms with E-state index >= 15 is 0 Å². The maximum absolute atomic E-state index is 13.7. The molecule has 0 aromatic heterocycles. The molecule has 164 valence electrons. The van der Waals surface area contributed by atoms with Crippen LogP contribution in [0.2, 0.25) is 0 Å². The molecule has 1 aliphatic carbocycles. The maximum atomic E-state index is 13.7. The summed E-state index contributed by atoms with van der Waals surface area (Å²) in [6.07, 6.45) is 7.00. The third kappa shape index (κ3) is 7.93. The highest BCUT2D eigenvalue weighted by atomic mass is 32.2. The predicted molar refractivity (Wildman–Crippen MR) is 115 cm³/mol. The Bertz CT molecular complexity index is 790. The van der Waals surface area contributed by atoms with E-state index < -0.39 is 15.7 Å². The number of hydrogen-bond acceptors (Lipinski definition) is 4. The molecule has 1 aliphatic rings. The monoisotopic (exact) mass is 427 g/mol. The first-order chi connectivity index (χ1) is 13.8. The van der Waals surface area contributed by atoms with Gasteiger partial charge in [0.05, 0.1) is 12.3 Å². The van der Waals surface area contributed by atoms with Gasteiger partial charge in [-0.2, -0.15) is 0 Å². The predicted octanol–water partition coefficient (Wildman–Crippen LogP) is 3.02. The summed E-state index contributed by atoms with van der Waals surface area (Å²) < 4.78 is 42.4. The summed E-state index contributed by atoms with van der Waals surface area (Å²) in [4.78, 5) is 4.59. The lowest BCUT2D eigenvalue weighted by atomic mass is 9.83. The number of guanidine groups is 1. The van der Waals surface area contributed by atoms with Crippen LogP contribution in [0.25, 0.3) is 0 Å². The van der Waals surface area contributed by atoms with Crippen LogP contribution in [-0.2, 0) is 26.9 Å². The molecule has 0 radical (unpaired) electrons. The van der Waals surface area contributed by atoms with Crippen LogP contribution >= 0.6 is 0 Å². The molecule has 0 atom stereocenters. The van der Waals surface area contributed by atoms with Gasteiger partial charge in [0.15, 0.2) is 15.8 Å². The molecule has 0 heterocycles. The Morgan fingerprint density at radius 1 is 1.24 bits per heavy atom. The van der Waals surface area contributed by atoms with Crippen molar-refractivity contribution in [2.45, 2.75) is 51.3 Å². The van der Waals surface area contributed by atoms with Gasteiger partial charge in [0.1, 0.15) is 5.82 Å². The molecular weight excluding hydrogens is 393 g/mol. The highest BCUT2D eigenvalue weighted by Crippen LogP contribution is 2.40. The zero-order chi connectivity index (χ0) is 21.3. The minimum atomic E-state index is -3.21. The van der Waals surface area contributed by atoms with Gasteiger partial charge in [-0.15, -0.1) is 0 Å². The number of nitrogens with one attached hydrogen (secondary N) is 2. The minimum Gasteiger partial charge on any atom is -0.385 e. The lowest BCUT2D eigenvalue weighted by Gasteiger charge is -2.30. The van der Waals surface area contributed by atoms with Gasteiger partial charge in [-0.25, -0.2) is 17.8 Å². The first kappa shape index (κ1) is 23.6. The number of halogens is 1. The summed E-state index contributed by atoms with van der Waals surface area (Å²) in [6, 6.07) is 4.18. The van der Waals surface area contributed by atoms with Gasteiger partial charge in [-0.3, -0.25) is 0 Å². The minimum absolute atomic E-state index is 0.123. The van der Waals surface area contributed by atoms with Gasteiger partial charge in [-0.05, 0) is 54.9 Å². The van der Waals surface area contributed by atoms with E-state index in [1.165, 1.54) is 50.1 Å². The molecule has 0 spiro atoms. The fourth-order valence-corrected chi connectivity index (χ4v) is 4.75. The van der Waals surface area contributed by atoms with Crippen LogP contribution in [0.15, 0.2) is 23.2 Å². The normalized spacial score (nSPS) is 16.8. The second-order valence-corrected chi connectivity index (χ2v) is 10.1. The Labute approximate surface area is 174 Å². The van der Waals surface area contributed by atoms with E-state index in [2.05, 4.69) is 15.6 Å². The van der Waals surface area contributed by atoms with Gasteiger partial charge in [0.2, 0.25) is 0 Å². The maximum Gasteiger partial charge on any atom is 0.191 e. The van der Waals surface area contributed by atoms with Gasteiger partial charge in [-0.1, -0.05) is 18.9 Å². The molecule has 0 amide bonds. The van der Waals surface area contributed by atoms with E-state index in [1.54, 1.807) is 7.11 Å². The van der Waals surface area contributed by atoms with Crippen molar-refractivity contribution in [3.8, 4) is 0 Å². The molecule has 0 unspecified atom stereocenters. The Hall–Kier alpha value is -1.67. The molecule has 2 rings (SSSR count). The van der Waals surface area contributed by atoms with Crippen molar-refractivity contribution in [3.05, 3.63) is 35.1 Å². The molecule has 0 aliphatic heterocycles. The van der Waals surface area contributed by atoms with Crippen molar-refractivity contribution in [1.82, 2.24) is 10.6 Å². The lowest BCUT2D eigenvalue weighted by Crippen LogP contribution is -2.43. The van der Waals surface area contributed by atoms with E-state index in [4.69, 9.17) is 4.74 Å². The van der Waals surface area contributed by atoms with Crippen molar-refractivity contribution < 1.29 is 17.5 Å². The number of rotatable bonds is 10. The van der Waals surface area contributed by atoms with Gasteiger partial charge in [0, 0.05) is 33.1 Å². The van der Waals surface area contributed by atoms with E-state index in [1.807, 2.05) is 6.92 Å². The topological polar surface area (TPSA) is 79.8 Å². The summed E-state index contributed by atoms with van der Waals surface area (Å²) in [5, 5.41) is 6.66. The zero-order valence-corrected chi connectivity index (χ0v) is 18.6. The fraction of sp³-hybridized carbons (Fsp3) is 0.667. The molecule has 1 aromatic rings. The van der Waals surface area contributed by atoms with Crippen molar-refractivity contribution in [1.29, 1.82) is 0 Å². The second kappa shape index (κ2) is 10.9. The number of benzene rings is 1. The van der Waals surface area contributed by atoms with Crippen molar-refractivity contribution in [3.63, 3.8) is 0 Å². The van der Waals surface area contributed by atoms with E-state index in [0.29, 0.717) is 23.6 Å². The van der Waals surface area contributed by atoms with E-state index in [0.717, 1.165) is 19.6 Å². The third-order valence-electron chi connectivity index (χ3n) is 5.47. The second-order valence-electron chi connectivity index (χ2n) is 7.98. The molecular formula is C21H34FN3O3S. The van der Waals surface area contributed by atoms with E-state index in [9.17, 15) is 12.8 Å². The molecule has 2 N–H and O–H groups in total. The first-order valence-electron chi connectivity index (χ1n) is 10.2. The summed E-state index contributed by atoms with van der Waals surface area (Å²) in [5.74, 6) is 0.142. The number of aliphatic imine (C=N–C) groups is 1. The van der Waals surface area contributed by atoms with Crippen LogP contribution in [0.1, 0.15) is 50.2 Å². The van der Waals surface area contributed by atoms with Crippen molar-refractivity contribution >= 4 is 15.8 Å². The zero-order valence-electron chi connectivity index (χ0n) is 17.8. The average molecular weight is 428 g/mol. The summed E-state index contributed by atoms with van der Waals surface area (Å²) in [5.41, 5.74) is 1.38. The Kier molecular flexibility index (Phi) is 8.89. The van der Waals surface area contributed by atoms with Crippen LogP contribution < -0.4 is 10.6 Å². The van der Waals surface area contributed by atoms with Crippen molar-refractivity contribution in [2.75, 3.05) is 33.1 Å². The molecule has 1 saturated carbocycles. The number of methoxy groups -OCH3 is 1. The van der Waals surface area contributed by atoms with Gasteiger partial charge in [0.25, 0.3) is 0 Å². The van der Waals surface area contributed by atoms with Crippen LogP contribution in [0.4, 0.5) is 4.39 Å². The number of ether oxygens (including phenoxy) is 1. The summed E-state index contributed by atoms with van der Waals surface area (Å²) in [7, 11) is -1.48. The first-order valence-corrected chi connectivity index (χ1v) is 12.3. The van der Waals surface area contributed by atoms with Crippen LogP contribution in [0, 0.1) is 11.2 Å². The van der Waals surface area contributed by atoms with Crippen LogP contribution in [0.5, 0.6) is 0 Å². The Morgan fingerprint density at radius 3 is 2.59 bits per heavy atom. The SMILES string of the molecule is CCNC(=NCc1cc(F)ccc1CS(C)(=O)=O)NCC1(CCOC)CCCC1. The Morgan fingerprint density at radius 2 is 1.97 bits per heavy atom. The number of hydrogen-bond donors (Lipinski definition) is 2. The molecule has 1 aromatic carbocycles. The molecule has 1 fully saturated rings. The highest BCUT2D eigenvalue weighted by Gasteiger charge is 2.33. The van der Waals surface area contributed by atoms with Crippen LogP contribution in [0.3, 0.4) is 0 Å². The highest BCUT2D eigenvalue weighted by molar-refractivity contribution is 7.89. The fourth-order valence-electron chi connectivity index (χ4n) is 3.90. The quantitative estimate of drug-likeness (QED) is 0.443. The number of sulfone groups is 1. The largest absolute Gasteiger partial charge is 0.385 e. The average Bonchev–Trinajstić information content (AvgIpc) is 3.12. The van der Waals surface area contributed by atoms with Gasteiger partial charge >= 0.3 is 0 Å². The standard InChI is InChI=1S/C21H34FN3O3S/c1-4-23-20(25-16-21(11-12-28-2)9-5-6-10-21)24-14-18-13-19(22)8-7-17(18)15-29(3,26)27/h7-8,13H,4-6,9-12,14-16H2,1-3H3,(H2,23,24,25). The molecule has 0 bridgehead atoms. The Balaban J connectivity index is 2.11.